The van der Waals surface area contributed by atoms with Crippen LogP contribution in [-0.4, -0.2) is 14.5 Å². The van der Waals surface area contributed by atoms with Gasteiger partial charge in [-0.1, -0.05) is 0 Å². The molecule has 7 heteroatoms. The fraction of sp³-hybridized carbons (Fsp3) is 0.0769. The zero-order valence-corrected chi connectivity index (χ0v) is 13.6. The van der Waals surface area contributed by atoms with E-state index in [0.717, 1.165) is 20.0 Å². The Hall–Kier alpha value is -1.60. The first kappa shape index (κ1) is 13.4. The monoisotopic (exact) mass is 396 g/mol. The highest BCUT2D eigenvalue weighted by Gasteiger charge is 2.13. The van der Waals surface area contributed by atoms with Crippen LogP contribution in [0.3, 0.4) is 0 Å². The molecule has 0 saturated heterocycles. The normalized spacial score (nSPS) is 10.9. The number of nitrogen functional groups attached to an aromatic ring is 1. The molecule has 20 heavy (non-hydrogen) atoms. The van der Waals surface area contributed by atoms with Gasteiger partial charge in [-0.05, 0) is 50.1 Å². The lowest BCUT2D eigenvalue weighted by atomic mass is 10.3. The second-order valence-electron chi connectivity index (χ2n) is 4.26. The number of hydrogen-bond acceptors (Lipinski definition) is 4. The van der Waals surface area contributed by atoms with Crippen molar-refractivity contribution in [3.05, 3.63) is 39.7 Å². The summed E-state index contributed by atoms with van der Waals surface area (Å²) in [5.41, 5.74) is 7.23. The first-order chi connectivity index (χ1) is 9.56. The molecule has 2 aromatic heterocycles. The molecule has 5 nitrogen and oxygen atoms in total. The third-order valence-corrected chi connectivity index (χ3v) is 4.02. The summed E-state index contributed by atoms with van der Waals surface area (Å²) in [7, 11) is 1.92. The van der Waals surface area contributed by atoms with Crippen molar-refractivity contribution in [3.8, 4) is 11.6 Å². The summed E-state index contributed by atoms with van der Waals surface area (Å²) in [6, 6.07) is 5.48. The third-order valence-electron chi connectivity index (χ3n) is 2.84. The maximum Gasteiger partial charge on any atom is 0.231 e. The molecule has 0 fully saturated rings. The van der Waals surface area contributed by atoms with E-state index in [1.54, 1.807) is 12.1 Å². The van der Waals surface area contributed by atoms with Gasteiger partial charge in [-0.2, -0.15) is 0 Å². The lowest BCUT2D eigenvalue weighted by Gasteiger charge is -2.10. The van der Waals surface area contributed by atoms with E-state index >= 15 is 0 Å². The maximum absolute atomic E-state index is 5.91. The maximum atomic E-state index is 5.91. The summed E-state index contributed by atoms with van der Waals surface area (Å²) in [4.78, 5) is 8.43. The average Bonchev–Trinajstić information content (AvgIpc) is 2.77. The second kappa shape index (κ2) is 5.06. The zero-order chi connectivity index (χ0) is 14.3. The van der Waals surface area contributed by atoms with Gasteiger partial charge in [0.05, 0.1) is 14.3 Å². The van der Waals surface area contributed by atoms with Gasteiger partial charge in [0.2, 0.25) is 5.88 Å². The number of hydrogen-bond donors (Lipinski definition) is 1. The fourth-order valence-corrected chi connectivity index (χ4v) is 3.29. The van der Waals surface area contributed by atoms with Crippen LogP contribution in [-0.2, 0) is 7.05 Å². The molecule has 0 bridgehead atoms. The van der Waals surface area contributed by atoms with Crippen LogP contribution in [0.2, 0.25) is 0 Å². The number of nitrogens with two attached hydrogens (primary N) is 1. The van der Waals surface area contributed by atoms with Crippen molar-refractivity contribution < 1.29 is 4.74 Å². The Balaban J connectivity index is 2.10. The summed E-state index contributed by atoms with van der Waals surface area (Å²) >= 11 is 6.88. The molecular formula is C13H10Br2N4O. The summed E-state index contributed by atoms with van der Waals surface area (Å²) in [5.74, 6) is 1.13. The molecule has 0 amide bonds. The number of rotatable bonds is 2. The number of halogens is 2. The van der Waals surface area contributed by atoms with Gasteiger partial charge >= 0.3 is 0 Å². The standard InChI is InChI=1S/C13H10Br2N4O/c1-19-3-2-8-12(19)17-6-18-13(8)20-11-9(14)4-7(16)5-10(11)15/h2-6H,16H2,1H3. The first-order valence-corrected chi connectivity index (χ1v) is 7.33. The third kappa shape index (κ3) is 2.27. The number of nitrogens with zero attached hydrogens (tertiary/aromatic N) is 3. The molecule has 0 aliphatic rings. The Kier molecular flexibility index (Phi) is 3.39. The minimum Gasteiger partial charge on any atom is -0.436 e. The molecule has 3 rings (SSSR count). The highest BCUT2D eigenvalue weighted by Crippen LogP contribution is 2.39. The largest absolute Gasteiger partial charge is 0.436 e. The lowest BCUT2D eigenvalue weighted by Crippen LogP contribution is -1.95. The van der Waals surface area contributed by atoms with Gasteiger partial charge in [0.15, 0.2) is 5.75 Å². The van der Waals surface area contributed by atoms with E-state index in [1.165, 1.54) is 6.33 Å². The molecule has 2 heterocycles. The minimum absolute atomic E-state index is 0.502. The van der Waals surface area contributed by atoms with Crippen LogP contribution in [0.15, 0.2) is 39.7 Å². The Morgan fingerprint density at radius 1 is 1.20 bits per heavy atom. The SMILES string of the molecule is Cn1ccc2c(Oc3c(Br)cc(N)cc3Br)ncnc21. The molecule has 0 saturated carbocycles. The molecule has 0 aliphatic carbocycles. The highest BCUT2D eigenvalue weighted by molar-refractivity contribution is 9.11. The van der Waals surface area contributed by atoms with Crippen molar-refractivity contribution >= 4 is 48.6 Å². The topological polar surface area (TPSA) is 66.0 Å². The van der Waals surface area contributed by atoms with Crippen LogP contribution in [0.5, 0.6) is 11.6 Å². The fourth-order valence-electron chi connectivity index (χ4n) is 1.91. The molecule has 0 aliphatic heterocycles. The average molecular weight is 398 g/mol. The number of aromatic nitrogens is 3. The number of benzene rings is 1. The molecule has 3 aromatic rings. The molecule has 0 spiro atoms. The van der Waals surface area contributed by atoms with Crippen molar-refractivity contribution in [2.45, 2.75) is 0 Å². The molecule has 2 N–H and O–H groups in total. The van der Waals surface area contributed by atoms with Crippen molar-refractivity contribution in [1.82, 2.24) is 14.5 Å². The second-order valence-corrected chi connectivity index (χ2v) is 5.97. The molecular weight excluding hydrogens is 388 g/mol. The van der Waals surface area contributed by atoms with Gasteiger partial charge in [-0.15, -0.1) is 0 Å². The van der Waals surface area contributed by atoms with Crippen LogP contribution in [0.1, 0.15) is 0 Å². The quantitative estimate of drug-likeness (QED) is 0.666. The number of aryl methyl sites for hydroxylation is 1. The van der Waals surface area contributed by atoms with Gasteiger partial charge in [-0.25, -0.2) is 9.97 Å². The number of ether oxygens (including phenoxy) is 1. The van der Waals surface area contributed by atoms with Gasteiger partial charge in [0.25, 0.3) is 0 Å². The van der Waals surface area contributed by atoms with E-state index in [2.05, 4.69) is 41.8 Å². The summed E-state index contributed by atoms with van der Waals surface area (Å²) in [6.07, 6.45) is 3.40. The van der Waals surface area contributed by atoms with Crippen LogP contribution in [0.25, 0.3) is 11.0 Å². The Labute approximate surface area is 132 Å². The smallest absolute Gasteiger partial charge is 0.231 e. The summed E-state index contributed by atoms with van der Waals surface area (Å²) in [6.45, 7) is 0. The Morgan fingerprint density at radius 2 is 1.90 bits per heavy atom. The predicted octanol–water partition coefficient (Wildman–Crippen LogP) is 3.87. The zero-order valence-electron chi connectivity index (χ0n) is 10.5. The molecule has 1 aromatic carbocycles. The molecule has 102 valence electrons. The van der Waals surface area contributed by atoms with E-state index in [-0.39, 0.29) is 0 Å². The molecule has 0 atom stereocenters. The van der Waals surface area contributed by atoms with Gasteiger partial charge in [0.1, 0.15) is 12.0 Å². The van der Waals surface area contributed by atoms with E-state index in [4.69, 9.17) is 10.5 Å². The Bertz CT molecular complexity index is 777. The number of fused-ring (bicyclic) bond motifs is 1. The van der Waals surface area contributed by atoms with Gasteiger partial charge in [0, 0.05) is 18.9 Å². The van der Waals surface area contributed by atoms with Crippen molar-refractivity contribution in [2.24, 2.45) is 7.05 Å². The van der Waals surface area contributed by atoms with Crippen LogP contribution >= 0.6 is 31.9 Å². The van der Waals surface area contributed by atoms with Crippen LogP contribution < -0.4 is 10.5 Å². The van der Waals surface area contributed by atoms with Crippen molar-refractivity contribution in [1.29, 1.82) is 0 Å². The van der Waals surface area contributed by atoms with Crippen LogP contribution in [0, 0.1) is 0 Å². The van der Waals surface area contributed by atoms with E-state index in [0.29, 0.717) is 17.3 Å². The summed E-state index contributed by atoms with van der Waals surface area (Å²) < 4.78 is 9.33. The van der Waals surface area contributed by atoms with Gasteiger partial charge < -0.3 is 15.0 Å². The predicted molar refractivity (Wildman–Crippen MR) is 84.8 cm³/mol. The van der Waals surface area contributed by atoms with Crippen molar-refractivity contribution in [3.63, 3.8) is 0 Å². The van der Waals surface area contributed by atoms with Crippen LogP contribution in [0.4, 0.5) is 5.69 Å². The molecule has 0 unspecified atom stereocenters. The van der Waals surface area contributed by atoms with E-state index in [1.807, 2.05) is 23.9 Å². The van der Waals surface area contributed by atoms with E-state index < -0.39 is 0 Å². The lowest BCUT2D eigenvalue weighted by molar-refractivity contribution is 0.462. The minimum atomic E-state index is 0.502. The highest BCUT2D eigenvalue weighted by atomic mass is 79.9. The van der Waals surface area contributed by atoms with E-state index in [9.17, 15) is 0 Å². The van der Waals surface area contributed by atoms with Crippen molar-refractivity contribution in [2.75, 3.05) is 5.73 Å². The van der Waals surface area contributed by atoms with Gasteiger partial charge in [-0.3, -0.25) is 0 Å². The Morgan fingerprint density at radius 3 is 2.60 bits per heavy atom. The molecule has 0 radical (unpaired) electrons. The number of anilines is 1. The summed E-state index contributed by atoms with van der Waals surface area (Å²) in [5, 5.41) is 0.852. The first-order valence-electron chi connectivity index (χ1n) is 5.74.